The summed E-state index contributed by atoms with van der Waals surface area (Å²) in [5.74, 6) is 0.323. The third-order valence-corrected chi connectivity index (χ3v) is 5.42. The number of aromatic amines is 1. The Morgan fingerprint density at radius 1 is 1.29 bits per heavy atom. The molecule has 1 aliphatic carbocycles. The Balaban J connectivity index is 0.00000169. The molecule has 1 amide bonds. The summed E-state index contributed by atoms with van der Waals surface area (Å²) in [6.45, 7) is 3.03. The van der Waals surface area contributed by atoms with Gasteiger partial charge in [-0.05, 0) is 49.9 Å². The molecule has 0 radical (unpaired) electrons. The number of nitrogens with zero attached hydrogens (tertiary/aromatic N) is 1. The number of rotatable bonds is 4. The van der Waals surface area contributed by atoms with E-state index in [1.54, 1.807) is 4.57 Å². The van der Waals surface area contributed by atoms with E-state index in [1.807, 2.05) is 24.3 Å². The fourth-order valence-electron chi connectivity index (χ4n) is 3.94. The van der Waals surface area contributed by atoms with E-state index >= 15 is 0 Å². The van der Waals surface area contributed by atoms with Gasteiger partial charge in [-0.15, -0.1) is 12.4 Å². The normalized spacial score (nSPS) is 21.4. The van der Waals surface area contributed by atoms with Crippen LogP contribution < -0.4 is 16.3 Å². The molecule has 7 heteroatoms. The van der Waals surface area contributed by atoms with E-state index in [-0.39, 0.29) is 35.3 Å². The molecule has 1 aromatic carbocycles. The predicted molar refractivity (Wildman–Crippen MR) is 95.5 cm³/mol. The van der Waals surface area contributed by atoms with Crippen molar-refractivity contribution in [2.24, 2.45) is 11.3 Å². The number of halogens is 1. The maximum absolute atomic E-state index is 12.3. The van der Waals surface area contributed by atoms with E-state index in [9.17, 15) is 9.59 Å². The molecule has 3 N–H and O–H groups in total. The lowest BCUT2D eigenvalue weighted by molar-refractivity contribution is -0.123. The number of imidazole rings is 1. The number of aromatic nitrogens is 2. The number of hydrogen-bond acceptors (Lipinski definition) is 3. The first-order chi connectivity index (χ1) is 11.2. The summed E-state index contributed by atoms with van der Waals surface area (Å²) in [6, 6.07) is 7.61. The second-order valence-electron chi connectivity index (χ2n) is 6.76. The minimum Gasteiger partial charge on any atom is -0.354 e. The zero-order chi connectivity index (χ0) is 15.9. The molecular weight excluding hydrogens is 328 g/mol. The Bertz CT molecular complexity index is 791. The zero-order valence-corrected chi connectivity index (χ0v) is 14.3. The Hall–Kier alpha value is -1.79. The van der Waals surface area contributed by atoms with Gasteiger partial charge >= 0.3 is 5.69 Å². The van der Waals surface area contributed by atoms with Gasteiger partial charge in [0.2, 0.25) is 5.91 Å². The van der Waals surface area contributed by atoms with E-state index in [0.29, 0.717) is 13.1 Å². The van der Waals surface area contributed by atoms with Crippen LogP contribution in [0.3, 0.4) is 0 Å². The summed E-state index contributed by atoms with van der Waals surface area (Å²) < 4.78 is 1.68. The van der Waals surface area contributed by atoms with Gasteiger partial charge in [-0.1, -0.05) is 12.1 Å². The molecule has 1 aliphatic heterocycles. The highest BCUT2D eigenvalue weighted by atomic mass is 35.5. The molecule has 130 valence electrons. The molecule has 2 aliphatic rings. The third-order valence-electron chi connectivity index (χ3n) is 5.42. The second-order valence-corrected chi connectivity index (χ2v) is 6.76. The maximum Gasteiger partial charge on any atom is 0.326 e. The summed E-state index contributed by atoms with van der Waals surface area (Å²) in [7, 11) is 0. The van der Waals surface area contributed by atoms with E-state index in [2.05, 4.69) is 15.6 Å². The van der Waals surface area contributed by atoms with Crippen molar-refractivity contribution in [3.8, 4) is 0 Å². The van der Waals surface area contributed by atoms with Gasteiger partial charge in [0.15, 0.2) is 0 Å². The minimum absolute atomic E-state index is 0. The molecule has 2 fully saturated rings. The SMILES string of the molecule is Cl.O=C(NCCn1c(=O)[nH]c2ccccc21)C1CC12CCNCC2. The lowest BCUT2D eigenvalue weighted by Crippen LogP contribution is -2.35. The summed E-state index contributed by atoms with van der Waals surface area (Å²) in [4.78, 5) is 27.2. The maximum atomic E-state index is 12.3. The summed E-state index contributed by atoms with van der Waals surface area (Å²) in [6.07, 6.45) is 3.23. The van der Waals surface area contributed by atoms with Crippen LogP contribution in [0.4, 0.5) is 0 Å². The van der Waals surface area contributed by atoms with Crippen LogP contribution in [-0.2, 0) is 11.3 Å². The van der Waals surface area contributed by atoms with Crippen molar-refractivity contribution < 1.29 is 4.79 Å². The first-order valence-electron chi connectivity index (χ1n) is 8.36. The summed E-state index contributed by atoms with van der Waals surface area (Å²) in [5.41, 5.74) is 1.85. The molecule has 24 heavy (non-hydrogen) atoms. The van der Waals surface area contributed by atoms with Gasteiger partial charge in [0.25, 0.3) is 0 Å². The average Bonchev–Trinajstić information content (AvgIpc) is 3.15. The van der Waals surface area contributed by atoms with Crippen LogP contribution in [0.1, 0.15) is 19.3 Å². The number of piperidine rings is 1. The van der Waals surface area contributed by atoms with E-state index < -0.39 is 0 Å². The fourth-order valence-corrected chi connectivity index (χ4v) is 3.94. The molecule has 0 bridgehead atoms. The van der Waals surface area contributed by atoms with Gasteiger partial charge < -0.3 is 15.6 Å². The number of para-hydroxylation sites is 2. The van der Waals surface area contributed by atoms with Crippen molar-refractivity contribution >= 4 is 29.3 Å². The van der Waals surface area contributed by atoms with E-state index in [4.69, 9.17) is 0 Å². The largest absolute Gasteiger partial charge is 0.354 e. The van der Waals surface area contributed by atoms with Crippen molar-refractivity contribution in [3.05, 3.63) is 34.7 Å². The van der Waals surface area contributed by atoms with E-state index in [0.717, 1.165) is 43.4 Å². The van der Waals surface area contributed by atoms with Crippen molar-refractivity contribution in [2.75, 3.05) is 19.6 Å². The van der Waals surface area contributed by atoms with Crippen molar-refractivity contribution in [2.45, 2.75) is 25.8 Å². The van der Waals surface area contributed by atoms with Crippen LogP contribution in [0.2, 0.25) is 0 Å². The minimum atomic E-state index is -0.123. The molecule has 1 saturated carbocycles. The van der Waals surface area contributed by atoms with Crippen LogP contribution in [0.5, 0.6) is 0 Å². The number of H-pyrrole nitrogens is 1. The molecule has 4 rings (SSSR count). The van der Waals surface area contributed by atoms with Crippen LogP contribution in [-0.4, -0.2) is 35.1 Å². The Kier molecular flexibility index (Phi) is 4.69. The monoisotopic (exact) mass is 350 g/mol. The predicted octanol–water partition coefficient (Wildman–Crippen LogP) is 1.26. The number of nitrogens with one attached hydrogen (secondary N) is 3. The smallest absolute Gasteiger partial charge is 0.326 e. The highest BCUT2D eigenvalue weighted by molar-refractivity contribution is 5.85. The standard InChI is InChI=1S/C17H22N4O2.ClH/c22-15(12-11-17(12)5-7-18-8-6-17)19-9-10-21-14-4-2-1-3-13(14)20-16(21)23;/h1-4,12,18H,5-11H2,(H,19,22)(H,20,23);1H. The fraction of sp³-hybridized carbons (Fsp3) is 0.529. The molecule has 1 aromatic heterocycles. The summed E-state index contributed by atoms with van der Waals surface area (Å²) in [5, 5.41) is 6.36. The molecule has 1 spiro atoms. The Morgan fingerprint density at radius 2 is 2.04 bits per heavy atom. The Labute approximate surface area is 146 Å². The molecule has 2 heterocycles. The van der Waals surface area contributed by atoms with Gasteiger partial charge in [0.05, 0.1) is 11.0 Å². The van der Waals surface area contributed by atoms with Crippen LogP contribution in [0, 0.1) is 11.3 Å². The first kappa shape index (κ1) is 17.0. The molecule has 2 aromatic rings. The lowest BCUT2D eigenvalue weighted by Gasteiger charge is -2.23. The zero-order valence-electron chi connectivity index (χ0n) is 13.5. The quantitative estimate of drug-likeness (QED) is 0.776. The molecule has 1 saturated heterocycles. The van der Waals surface area contributed by atoms with Gasteiger partial charge in [-0.2, -0.15) is 0 Å². The number of hydrogen-bond donors (Lipinski definition) is 3. The van der Waals surface area contributed by atoms with Crippen LogP contribution in [0.15, 0.2) is 29.1 Å². The Morgan fingerprint density at radius 3 is 2.83 bits per heavy atom. The number of amides is 1. The number of benzene rings is 1. The number of carbonyl (C=O) groups is 1. The van der Waals surface area contributed by atoms with Gasteiger partial charge in [-0.25, -0.2) is 4.79 Å². The van der Waals surface area contributed by atoms with Crippen molar-refractivity contribution in [1.29, 1.82) is 0 Å². The second kappa shape index (κ2) is 6.61. The molecule has 1 atom stereocenters. The third kappa shape index (κ3) is 2.96. The highest BCUT2D eigenvalue weighted by Gasteiger charge is 2.57. The average molecular weight is 351 g/mol. The lowest BCUT2D eigenvalue weighted by atomic mass is 9.92. The highest BCUT2D eigenvalue weighted by Crippen LogP contribution is 2.58. The van der Waals surface area contributed by atoms with Crippen LogP contribution >= 0.6 is 12.4 Å². The molecule has 1 unspecified atom stereocenters. The van der Waals surface area contributed by atoms with Crippen molar-refractivity contribution in [1.82, 2.24) is 20.2 Å². The number of carbonyl (C=O) groups excluding carboxylic acids is 1. The molecule has 6 nitrogen and oxygen atoms in total. The topological polar surface area (TPSA) is 78.9 Å². The van der Waals surface area contributed by atoms with Gasteiger partial charge in [0, 0.05) is 19.0 Å². The summed E-state index contributed by atoms with van der Waals surface area (Å²) >= 11 is 0. The van der Waals surface area contributed by atoms with Gasteiger partial charge in [-0.3, -0.25) is 9.36 Å². The number of fused-ring (bicyclic) bond motifs is 1. The van der Waals surface area contributed by atoms with Gasteiger partial charge in [0.1, 0.15) is 0 Å². The van der Waals surface area contributed by atoms with E-state index in [1.165, 1.54) is 0 Å². The van der Waals surface area contributed by atoms with Crippen LogP contribution in [0.25, 0.3) is 11.0 Å². The molecular formula is C17H23ClN4O2. The van der Waals surface area contributed by atoms with Crippen molar-refractivity contribution in [3.63, 3.8) is 0 Å². The first-order valence-corrected chi connectivity index (χ1v) is 8.36.